The van der Waals surface area contributed by atoms with Gasteiger partial charge in [-0.2, -0.15) is 0 Å². The molecule has 192 valence electrons. The van der Waals surface area contributed by atoms with Gasteiger partial charge in [0, 0.05) is 32.7 Å². The van der Waals surface area contributed by atoms with E-state index in [4.69, 9.17) is 34.8 Å². The van der Waals surface area contributed by atoms with Gasteiger partial charge < -0.3 is 10.2 Å². The normalized spacial score (nSPS) is 12.7. The van der Waals surface area contributed by atoms with Crippen LogP contribution in [-0.4, -0.2) is 49.5 Å². The van der Waals surface area contributed by atoms with Crippen molar-refractivity contribution >= 4 is 62.3 Å². The summed E-state index contributed by atoms with van der Waals surface area (Å²) in [6.45, 7) is 8.06. The van der Waals surface area contributed by atoms with E-state index < -0.39 is 40.0 Å². The molecule has 0 aliphatic carbocycles. The summed E-state index contributed by atoms with van der Waals surface area (Å²) in [5.41, 5.74) is 0.686. The van der Waals surface area contributed by atoms with Crippen LogP contribution in [0.1, 0.15) is 38.8 Å². The molecule has 0 unspecified atom stereocenters. The lowest BCUT2D eigenvalue weighted by Gasteiger charge is -2.33. The van der Waals surface area contributed by atoms with Crippen LogP contribution in [0.15, 0.2) is 36.4 Å². The zero-order valence-electron chi connectivity index (χ0n) is 20.5. The van der Waals surface area contributed by atoms with Gasteiger partial charge in [-0.05, 0) is 64.4 Å². The number of anilines is 1. The number of rotatable bonds is 8. The van der Waals surface area contributed by atoms with Gasteiger partial charge in [-0.25, -0.2) is 8.42 Å². The Balaban J connectivity index is 2.51. The van der Waals surface area contributed by atoms with E-state index in [9.17, 15) is 18.0 Å². The monoisotopic (exact) mass is 561 g/mol. The second-order valence-electron chi connectivity index (χ2n) is 9.29. The Kier molecular flexibility index (Phi) is 9.50. The van der Waals surface area contributed by atoms with Crippen LogP contribution >= 0.6 is 34.8 Å². The Morgan fingerprint density at radius 3 is 2.03 bits per heavy atom. The first-order valence-corrected chi connectivity index (χ1v) is 13.8. The number of benzene rings is 2. The van der Waals surface area contributed by atoms with E-state index in [1.165, 1.54) is 4.90 Å². The van der Waals surface area contributed by atoms with Gasteiger partial charge in [0.1, 0.15) is 12.6 Å². The third-order valence-corrected chi connectivity index (χ3v) is 7.49. The largest absolute Gasteiger partial charge is 0.350 e. The van der Waals surface area contributed by atoms with Crippen molar-refractivity contribution < 1.29 is 18.0 Å². The first kappa shape index (κ1) is 29.2. The average molecular weight is 563 g/mol. The first-order chi connectivity index (χ1) is 16.0. The summed E-state index contributed by atoms with van der Waals surface area (Å²) in [6.07, 6.45) is 1.01. The summed E-state index contributed by atoms with van der Waals surface area (Å²) in [5.74, 6) is -1.01. The van der Waals surface area contributed by atoms with Crippen molar-refractivity contribution in [1.82, 2.24) is 10.2 Å². The molecule has 7 nitrogen and oxygen atoms in total. The summed E-state index contributed by atoms with van der Waals surface area (Å²) in [5, 5.41) is 3.86. The average Bonchev–Trinajstić information content (AvgIpc) is 2.71. The number of halogens is 3. The molecule has 0 aliphatic rings. The molecule has 0 heterocycles. The van der Waals surface area contributed by atoms with Crippen molar-refractivity contribution in [2.45, 2.75) is 52.7 Å². The second kappa shape index (κ2) is 11.4. The highest BCUT2D eigenvalue weighted by atomic mass is 35.5. The molecule has 0 saturated carbocycles. The molecule has 2 aromatic rings. The maximum atomic E-state index is 13.6. The van der Waals surface area contributed by atoms with Crippen molar-refractivity contribution in [3.8, 4) is 0 Å². The highest BCUT2D eigenvalue weighted by Gasteiger charge is 2.32. The lowest BCUT2D eigenvalue weighted by molar-refractivity contribution is -0.140. The molecule has 0 saturated heterocycles. The Hall–Kier alpha value is -2.00. The number of nitrogens with zero attached hydrogens (tertiary/aromatic N) is 2. The minimum Gasteiger partial charge on any atom is -0.350 e. The lowest BCUT2D eigenvalue weighted by Crippen LogP contribution is -2.54. The summed E-state index contributed by atoms with van der Waals surface area (Å²) in [4.78, 5) is 27.9. The van der Waals surface area contributed by atoms with Crippen LogP contribution in [-0.2, 0) is 26.2 Å². The fourth-order valence-electron chi connectivity index (χ4n) is 3.37. The summed E-state index contributed by atoms with van der Waals surface area (Å²) in [6, 6.07) is 8.79. The highest BCUT2D eigenvalue weighted by molar-refractivity contribution is 7.92. The lowest BCUT2D eigenvalue weighted by atomic mass is 10.1. The molecule has 0 fully saturated rings. The van der Waals surface area contributed by atoms with Crippen LogP contribution in [0.25, 0.3) is 0 Å². The van der Waals surface area contributed by atoms with Crippen LogP contribution in [0.3, 0.4) is 0 Å². The molecule has 2 aromatic carbocycles. The number of amides is 2. The van der Waals surface area contributed by atoms with E-state index in [1.54, 1.807) is 50.2 Å². The number of hydrogen-bond donors (Lipinski definition) is 1. The van der Waals surface area contributed by atoms with Gasteiger partial charge in [-0.1, -0.05) is 46.9 Å². The third-order valence-electron chi connectivity index (χ3n) is 5.24. The molecule has 0 bridgehead atoms. The van der Waals surface area contributed by atoms with Gasteiger partial charge in [0.05, 0.1) is 11.9 Å². The fourth-order valence-corrected chi connectivity index (χ4v) is 4.96. The third kappa shape index (κ3) is 7.74. The molecule has 35 heavy (non-hydrogen) atoms. The maximum Gasteiger partial charge on any atom is 0.244 e. The number of carbonyl (C=O) groups is 2. The van der Waals surface area contributed by atoms with Gasteiger partial charge >= 0.3 is 0 Å². The summed E-state index contributed by atoms with van der Waals surface area (Å²) < 4.78 is 26.4. The first-order valence-electron chi connectivity index (χ1n) is 10.8. The van der Waals surface area contributed by atoms with Crippen molar-refractivity contribution in [2.75, 3.05) is 17.1 Å². The Labute approximate surface area is 222 Å². The van der Waals surface area contributed by atoms with Crippen LogP contribution in [0.2, 0.25) is 15.1 Å². The van der Waals surface area contributed by atoms with Crippen LogP contribution in [0.5, 0.6) is 0 Å². The number of carbonyl (C=O) groups excluding carboxylic acids is 2. The molecule has 0 aromatic heterocycles. The molecule has 2 rings (SSSR count). The van der Waals surface area contributed by atoms with Crippen LogP contribution < -0.4 is 9.62 Å². The quantitative estimate of drug-likeness (QED) is 0.488. The SMILES string of the molecule is Cc1c(Cl)cccc1N(CC(=O)N(Cc1c(Cl)cccc1Cl)[C@@H](C)C(=O)NC(C)(C)C)S(C)(=O)=O. The van der Waals surface area contributed by atoms with Gasteiger partial charge in [0.2, 0.25) is 21.8 Å². The van der Waals surface area contributed by atoms with E-state index in [2.05, 4.69) is 5.32 Å². The predicted octanol–water partition coefficient (Wildman–Crippen LogP) is 5.05. The summed E-state index contributed by atoms with van der Waals surface area (Å²) in [7, 11) is -3.88. The highest BCUT2D eigenvalue weighted by Crippen LogP contribution is 2.30. The van der Waals surface area contributed by atoms with Gasteiger partial charge in [-0.3, -0.25) is 13.9 Å². The van der Waals surface area contributed by atoms with E-state index in [1.807, 2.05) is 20.8 Å². The van der Waals surface area contributed by atoms with Crippen molar-refractivity contribution in [1.29, 1.82) is 0 Å². The zero-order valence-corrected chi connectivity index (χ0v) is 23.6. The van der Waals surface area contributed by atoms with E-state index in [0.29, 0.717) is 26.2 Å². The molecule has 0 aliphatic heterocycles. The number of nitrogens with one attached hydrogen (secondary N) is 1. The minimum atomic E-state index is -3.88. The van der Waals surface area contributed by atoms with Crippen molar-refractivity contribution in [3.63, 3.8) is 0 Å². The van der Waals surface area contributed by atoms with E-state index in [0.717, 1.165) is 10.6 Å². The smallest absolute Gasteiger partial charge is 0.244 e. The Bertz CT molecular complexity index is 1190. The molecule has 0 spiro atoms. The van der Waals surface area contributed by atoms with Crippen molar-refractivity contribution in [2.24, 2.45) is 0 Å². The van der Waals surface area contributed by atoms with E-state index in [-0.39, 0.29) is 12.2 Å². The van der Waals surface area contributed by atoms with Gasteiger partial charge in [0.25, 0.3) is 0 Å². The van der Waals surface area contributed by atoms with Gasteiger partial charge in [0.15, 0.2) is 0 Å². The standard InChI is InChI=1S/C24H30Cl3N3O4S/c1-15-18(25)9-8-12-21(15)30(35(6,33)34)14-22(31)29(16(2)23(32)28-24(3,4)5)13-17-19(26)10-7-11-20(17)27/h7-12,16H,13-14H2,1-6H3,(H,28,32)/t16-/m0/s1. The zero-order chi connectivity index (χ0) is 26.7. The molecule has 1 atom stereocenters. The number of hydrogen-bond acceptors (Lipinski definition) is 4. The summed E-state index contributed by atoms with van der Waals surface area (Å²) >= 11 is 18.9. The second-order valence-corrected chi connectivity index (χ2v) is 12.4. The minimum absolute atomic E-state index is 0.0950. The van der Waals surface area contributed by atoms with Crippen LogP contribution in [0.4, 0.5) is 5.69 Å². The molecular formula is C24H30Cl3N3O4S. The molecule has 0 radical (unpaired) electrons. The predicted molar refractivity (Wildman–Crippen MR) is 143 cm³/mol. The Morgan fingerprint density at radius 2 is 1.51 bits per heavy atom. The molecule has 2 amide bonds. The molecule has 1 N–H and O–H groups in total. The fraction of sp³-hybridized carbons (Fsp3) is 0.417. The number of sulfonamides is 1. The topological polar surface area (TPSA) is 86.8 Å². The molecule has 11 heteroatoms. The van der Waals surface area contributed by atoms with Crippen LogP contribution in [0, 0.1) is 6.92 Å². The van der Waals surface area contributed by atoms with Gasteiger partial charge in [-0.15, -0.1) is 0 Å². The molecular weight excluding hydrogens is 533 g/mol. The van der Waals surface area contributed by atoms with Crippen molar-refractivity contribution in [3.05, 3.63) is 62.6 Å². The maximum absolute atomic E-state index is 13.6. The van der Waals surface area contributed by atoms with E-state index >= 15 is 0 Å². The Morgan fingerprint density at radius 1 is 1.00 bits per heavy atom.